The van der Waals surface area contributed by atoms with E-state index in [0.29, 0.717) is 11.5 Å². The van der Waals surface area contributed by atoms with Crippen LogP contribution in [0.15, 0.2) is 60.7 Å². The summed E-state index contributed by atoms with van der Waals surface area (Å²) in [6.45, 7) is 0. The fourth-order valence-electron chi connectivity index (χ4n) is 3.39. The van der Waals surface area contributed by atoms with Crippen LogP contribution in [0.5, 0.6) is 11.5 Å². The van der Waals surface area contributed by atoms with Gasteiger partial charge in [-0.25, -0.2) is 0 Å². The largest absolute Gasteiger partial charge is 0.493 e. The summed E-state index contributed by atoms with van der Waals surface area (Å²) >= 11 is 0. The first kappa shape index (κ1) is 16.2. The number of carbonyl (C=O) groups excluding carboxylic acids is 1. The van der Waals surface area contributed by atoms with Crippen molar-refractivity contribution < 1.29 is 14.3 Å². The number of methoxy groups -OCH3 is 2. The lowest BCUT2D eigenvalue weighted by Gasteiger charge is -2.08. The Labute approximate surface area is 152 Å². The molecule has 0 radical (unpaired) electrons. The molecule has 1 aliphatic carbocycles. The van der Waals surface area contributed by atoms with Gasteiger partial charge in [0.15, 0.2) is 17.3 Å². The molecule has 0 saturated carbocycles. The Bertz CT molecular complexity index is 1030. The molecule has 0 N–H and O–H groups in total. The maximum atomic E-state index is 12.6. The van der Waals surface area contributed by atoms with Crippen molar-refractivity contribution in [3.8, 4) is 22.6 Å². The van der Waals surface area contributed by atoms with Crippen molar-refractivity contribution in [2.75, 3.05) is 14.2 Å². The summed E-state index contributed by atoms with van der Waals surface area (Å²) in [6, 6.07) is 19.4. The van der Waals surface area contributed by atoms with E-state index in [1.165, 1.54) is 0 Å². The van der Waals surface area contributed by atoms with Crippen LogP contribution in [0.4, 0.5) is 0 Å². The van der Waals surface area contributed by atoms with E-state index >= 15 is 0 Å². The molecule has 4 rings (SSSR count). The van der Waals surface area contributed by atoms with Crippen molar-refractivity contribution in [3.05, 3.63) is 82.9 Å². The highest BCUT2D eigenvalue weighted by atomic mass is 16.5. The Morgan fingerprint density at radius 2 is 1.46 bits per heavy atom. The summed E-state index contributed by atoms with van der Waals surface area (Å²) in [7, 11) is 3.24. The molecule has 3 heteroatoms. The second-order valence-corrected chi connectivity index (χ2v) is 6.09. The molecule has 3 nitrogen and oxygen atoms in total. The number of rotatable bonds is 4. The normalized spacial score (nSPS) is 12.2. The second-order valence-electron chi connectivity index (χ2n) is 6.09. The van der Waals surface area contributed by atoms with Crippen LogP contribution in [0.2, 0.25) is 0 Å². The Morgan fingerprint density at radius 1 is 0.731 bits per heavy atom. The average Bonchev–Trinajstić information content (AvgIpc) is 2.99. The SMILES string of the molecule is COc1ccc(/C=C/c2cccc3c2-c2ccccc2C3=O)cc1OC. The van der Waals surface area contributed by atoms with Crippen molar-refractivity contribution in [1.29, 1.82) is 0 Å². The van der Waals surface area contributed by atoms with E-state index in [0.717, 1.165) is 33.4 Å². The van der Waals surface area contributed by atoms with Gasteiger partial charge in [-0.05, 0) is 28.8 Å². The zero-order chi connectivity index (χ0) is 18.1. The first-order chi connectivity index (χ1) is 12.7. The summed E-state index contributed by atoms with van der Waals surface area (Å²) in [5, 5.41) is 0. The molecule has 3 aromatic carbocycles. The van der Waals surface area contributed by atoms with Crippen molar-refractivity contribution >= 4 is 17.9 Å². The fraction of sp³-hybridized carbons (Fsp3) is 0.0870. The van der Waals surface area contributed by atoms with Gasteiger partial charge < -0.3 is 9.47 Å². The molecule has 26 heavy (non-hydrogen) atoms. The number of carbonyl (C=O) groups is 1. The van der Waals surface area contributed by atoms with E-state index in [1.807, 2.05) is 72.8 Å². The van der Waals surface area contributed by atoms with Crippen LogP contribution in [0.3, 0.4) is 0 Å². The quantitative estimate of drug-likeness (QED) is 0.485. The zero-order valence-electron chi connectivity index (χ0n) is 14.7. The molecule has 0 spiro atoms. The lowest BCUT2D eigenvalue weighted by molar-refractivity contribution is 0.104. The van der Waals surface area contributed by atoms with E-state index in [2.05, 4.69) is 0 Å². The predicted octanol–water partition coefficient (Wildman–Crippen LogP) is 5.09. The van der Waals surface area contributed by atoms with E-state index in [9.17, 15) is 4.79 Å². The van der Waals surface area contributed by atoms with E-state index < -0.39 is 0 Å². The van der Waals surface area contributed by atoms with Crippen molar-refractivity contribution in [2.24, 2.45) is 0 Å². The summed E-state index contributed by atoms with van der Waals surface area (Å²) in [5.74, 6) is 1.48. The first-order valence-electron chi connectivity index (χ1n) is 8.40. The fourth-order valence-corrected chi connectivity index (χ4v) is 3.39. The number of ketones is 1. The second kappa shape index (κ2) is 6.52. The maximum absolute atomic E-state index is 12.6. The van der Waals surface area contributed by atoms with Gasteiger partial charge in [0, 0.05) is 16.7 Å². The molecular formula is C23H18O3. The van der Waals surface area contributed by atoms with Crippen LogP contribution in [0.25, 0.3) is 23.3 Å². The van der Waals surface area contributed by atoms with E-state index in [-0.39, 0.29) is 5.78 Å². The zero-order valence-corrected chi connectivity index (χ0v) is 14.7. The van der Waals surface area contributed by atoms with Gasteiger partial charge in [-0.2, -0.15) is 0 Å². The molecule has 0 heterocycles. The monoisotopic (exact) mass is 342 g/mol. The van der Waals surface area contributed by atoms with Crippen molar-refractivity contribution in [2.45, 2.75) is 0 Å². The third-order valence-corrected chi connectivity index (χ3v) is 4.65. The van der Waals surface area contributed by atoms with E-state index in [1.54, 1.807) is 14.2 Å². The molecule has 1 aliphatic rings. The molecule has 0 amide bonds. The number of hydrogen-bond acceptors (Lipinski definition) is 3. The minimum absolute atomic E-state index is 0.0944. The van der Waals surface area contributed by atoms with Crippen LogP contribution in [-0.2, 0) is 0 Å². The lowest BCUT2D eigenvalue weighted by Crippen LogP contribution is -1.94. The minimum Gasteiger partial charge on any atom is -0.493 e. The summed E-state index contributed by atoms with van der Waals surface area (Å²) in [5.41, 5.74) is 5.56. The summed E-state index contributed by atoms with van der Waals surface area (Å²) in [6.07, 6.45) is 4.05. The molecule has 3 aromatic rings. The molecule has 0 fully saturated rings. The maximum Gasteiger partial charge on any atom is 0.194 e. The molecule has 0 aromatic heterocycles. The van der Waals surface area contributed by atoms with Gasteiger partial charge in [-0.15, -0.1) is 0 Å². The Hall–Kier alpha value is -3.33. The van der Waals surface area contributed by atoms with Gasteiger partial charge in [0.25, 0.3) is 0 Å². The van der Waals surface area contributed by atoms with Crippen LogP contribution >= 0.6 is 0 Å². The number of fused-ring (bicyclic) bond motifs is 3. The van der Waals surface area contributed by atoms with Gasteiger partial charge in [-0.1, -0.05) is 60.7 Å². The standard InChI is InChI=1S/C23H18O3/c1-25-20-13-11-15(14-21(20)26-2)10-12-16-6-5-9-19-22(16)17-7-3-4-8-18(17)23(19)24/h3-14H,1-2H3/b12-10+. The number of benzene rings is 3. The van der Waals surface area contributed by atoms with Gasteiger partial charge in [-0.3, -0.25) is 4.79 Å². The molecular weight excluding hydrogens is 324 g/mol. The van der Waals surface area contributed by atoms with Crippen molar-refractivity contribution in [1.82, 2.24) is 0 Å². The third-order valence-electron chi connectivity index (χ3n) is 4.65. The summed E-state index contributed by atoms with van der Waals surface area (Å²) < 4.78 is 10.6. The topological polar surface area (TPSA) is 35.5 Å². The number of hydrogen-bond donors (Lipinski definition) is 0. The highest BCUT2D eigenvalue weighted by Gasteiger charge is 2.27. The van der Waals surface area contributed by atoms with Gasteiger partial charge in [0.05, 0.1) is 14.2 Å². The third kappa shape index (κ3) is 2.58. The predicted molar refractivity (Wildman–Crippen MR) is 104 cm³/mol. The highest BCUT2D eigenvalue weighted by Crippen LogP contribution is 2.39. The Morgan fingerprint density at radius 3 is 2.23 bits per heavy atom. The van der Waals surface area contributed by atoms with Crippen molar-refractivity contribution in [3.63, 3.8) is 0 Å². The number of ether oxygens (including phenoxy) is 2. The molecule has 0 bridgehead atoms. The minimum atomic E-state index is 0.0944. The molecule has 0 atom stereocenters. The smallest absolute Gasteiger partial charge is 0.194 e. The van der Waals surface area contributed by atoms with Crippen LogP contribution in [-0.4, -0.2) is 20.0 Å². The summed E-state index contributed by atoms with van der Waals surface area (Å²) in [4.78, 5) is 12.6. The van der Waals surface area contributed by atoms with E-state index in [4.69, 9.17) is 9.47 Å². The van der Waals surface area contributed by atoms with Gasteiger partial charge in [0.2, 0.25) is 0 Å². The first-order valence-corrected chi connectivity index (χ1v) is 8.40. The average molecular weight is 342 g/mol. The Kier molecular flexibility index (Phi) is 4.05. The van der Waals surface area contributed by atoms with Crippen LogP contribution < -0.4 is 9.47 Å². The molecule has 0 aliphatic heterocycles. The highest BCUT2D eigenvalue weighted by molar-refractivity contribution is 6.22. The molecule has 128 valence electrons. The molecule has 0 saturated heterocycles. The lowest BCUT2D eigenvalue weighted by atomic mass is 9.98. The van der Waals surface area contributed by atoms with Crippen LogP contribution in [0.1, 0.15) is 27.0 Å². The molecule has 0 unspecified atom stereocenters. The van der Waals surface area contributed by atoms with Crippen LogP contribution in [0, 0.1) is 0 Å². The van der Waals surface area contributed by atoms with Gasteiger partial charge >= 0.3 is 0 Å². The van der Waals surface area contributed by atoms with Gasteiger partial charge in [0.1, 0.15) is 0 Å². The Balaban J connectivity index is 1.76.